The average molecular weight is 376 g/mol. The third-order valence-electron chi connectivity index (χ3n) is 4.67. The van der Waals surface area contributed by atoms with Crippen LogP contribution in [0.25, 0.3) is 0 Å². The van der Waals surface area contributed by atoms with Crippen molar-refractivity contribution >= 4 is 11.9 Å². The lowest BCUT2D eigenvalue weighted by atomic mass is 9.72. The van der Waals surface area contributed by atoms with Gasteiger partial charge in [-0.25, -0.2) is 4.79 Å². The van der Waals surface area contributed by atoms with E-state index in [4.69, 9.17) is 4.74 Å². The lowest BCUT2D eigenvalue weighted by Crippen LogP contribution is -2.40. The molecule has 0 spiro atoms. The molecule has 1 aromatic carbocycles. The summed E-state index contributed by atoms with van der Waals surface area (Å²) in [6.45, 7) is 11.2. The van der Waals surface area contributed by atoms with Crippen LogP contribution in [-0.4, -0.2) is 59.7 Å². The van der Waals surface area contributed by atoms with Gasteiger partial charge in [-0.3, -0.25) is 9.69 Å². The third kappa shape index (κ3) is 5.70. The first-order chi connectivity index (χ1) is 12.4. The quantitative estimate of drug-likeness (QED) is 0.743. The minimum Gasteiger partial charge on any atom is -0.491 e. The molecule has 0 aromatic heterocycles. The van der Waals surface area contributed by atoms with E-state index in [9.17, 15) is 14.7 Å². The van der Waals surface area contributed by atoms with E-state index in [2.05, 4.69) is 46.8 Å². The minimum atomic E-state index is -0.929. The minimum absolute atomic E-state index is 0.0194. The maximum atomic E-state index is 11.8. The van der Waals surface area contributed by atoms with E-state index >= 15 is 0 Å². The fraction of sp³-hybridized carbons (Fsp3) is 0.619. The maximum absolute atomic E-state index is 11.8. The molecule has 6 heteroatoms. The van der Waals surface area contributed by atoms with Crippen LogP contribution in [0.1, 0.15) is 46.6 Å². The zero-order valence-electron chi connectivity index (χ0n) is 17.3. The van der Waals surface area contributed by atoms with Crippen molar-refractivity contribution in [3.05, 3.63) is 29.8 Å². The molecule has 1 aromatic rings. The van der Waals surface area contributed by atoms with Gasteiger partial charge < -0.3 is 14.7 Å². The zero-order chi connectivity index (χ0) is 20.4. The molecule has 150 valence electrons. The molecular formula is C21H32N2O4. The predicted octanol–water partition coefficient (Wildman–Crippen LogP) is 3.03. The second-order valence-corrected chi connectivity index (χ2v) is 9.25. The Labute approximate surface area is 162 Å². The normalized spacial score (nSPS) is 16.9. The number of carbonyl (C=O) groups excluding carboxylic acids is 2. The van der Waals surface area contributed by atoms with Gasteiger partial charge in [-0.05, 0) is 34.9 Å². The number of carbonyl (C=O) groups is 2. The SMILES string of the molecule is CN1CC(=O)N(CC(O)COc2ccc(C(C)(C)CC(C)(C)C)cc2)C1=O. The van der Waals surface area contributed by atoms with Gasteiger partial charge in [0.05, 0.1) is 6.54 Å². The number of β-amino-alcohol motifs (C(OH)–C–C–N with tert-alkyl or cyclic N) is 1. The van der Waals surface area contributed by atoms with Crippen molar-refractivity contribution in [3.63, 3.8) is 0 Å². The van der Waals surface area contributed by atoms with Gasteiger partial charge in [0.15, 0.2) is 0 Å². The number of likely N-dealkylation sites (N-methyl/N-ethyl adjacent to an activating group) is 1. The standard InChI is InChI=1S/C21H32N2O4/c1-20(2,3)14-21(4,5)15-7-9-17(10-8-15)27-13-16(24)11-23-18(25)12-22(6)19(23)26/h7-10,16,24H,11-14H2,1-6H3. The number of benzene rings is 1. The van der Waals surface area contributed by atoms with Gasteiger partial charge in [0.2, 0.25) is 5.91 Å². The number of hydrogen-bond donors (Lipinski definition) is 1. The van der Waals surface area contributed by atoms with Crippen LogP contribution in [-0.2, 0) is 10.2 Å². The molecular weight excluding hydrogens is 344 g/mol. The largest absolute Gasteiger partial charge is 0.491 e. The van der Waals surface area contributed by atoms with Crippen molar-refractivity contribution < 1.29 is 19.4 Å². The third-order valence-corrected chi connectivity index (χ3v) is 4.67. The summed E-state index contributed by atoms with van der Waals surface area (Å²) < 4.78 is 5.63. The van der Waals surface area contributed by atoms with Gasteiger partial charge >= 0.3 is 6.03 Å². The van der Waals surface area contributed by atoms with Gasteiger partial charge in [-0.1, -0.05) is 46.8 Å². The van der Waals surface area contributed by atoms with Gasteiger partial charge in [0, 0.05) is 7.05 Å². The van der Waals surface area contributed by atoms with Crippen LogP contribution in [0.3, 0.4) is 0 Å². The summed E-state index contributed by atoms with van der Waals surface area (Å²) in [4.78, 5) is 26.0. The van der Waals surface area contributed by atoms with Crippen molar-refractivity contribution in [2.24, 2.45) is 5.41 Å². The topological polar surface area (TPSA) is 70.1 Å². The Bertz CT molecular complexity index is 676. The Balaban J connectivity index is 1.89. The van der Waals surface area contributed by atoms with Crippen LogP contribution in [0.2, 0.25) is 0 Å². The van der Waals surface area contributed by atoms with E-state index in [1.54, 1.807) is 7.05 Å². The summed E-state index contributed by atoms with van der Waals surface area (Å²) in [5.74, 6) is 0.354. The van der Waals surface area contributed by atoms with Crippen molar-refractivity contribution in [1.29, 1.82) is 0 Å². The first-order valence-electron chi connectivity index (χ1n) is 9.36. The molecule has 6 nitrogen and oxygen atoms in total. The second kappa shape index (κ2) is 7.89. The molecule has 2 rings (SSSR count). The van der Waals surface area contributed by atoms with Crippen LogP contribution >= 0.6 is 0 Å². The van der Waals surface area contributed by atoms with E-state index in [0.29, 0.717) is 5.75 Å². The lowest BCUT2D eigenvalue weighted by molar-refractivity contribution is -0.126. The highest BCUT2D eigenvalue weighted by Crippen LogP contribution is 2.36. The Morgan fingerprint density at radius 2 is 1.70 bits per heavy atom. The molecule has 27 heavy (non-hydrogen) atoms. The van der Waals surface area contributed by atoms with Crippen LogP contribution in [0.15, 0.2) is 24.3 Å². The molecule has 1 heterocycles. The fourth-order valence-electron chi connectivity index (χ4n) is 3.73. The van der Waals surface area contributed by atoms with E-state index in [1.807, 2.05) is 12.1 Å². The summed E-state index contributed by atoms with van der Waals surface area (Å²) in [5, 5.41) is 10.1. The fourth-order valence-corrected chi connectivity index (χ4v) is 3.73. The molecule has 0 aliphatic carbocycles. The average Bonchev–Trinajstić information content (AvgIpc) is 2.77. The van der Waals surface area contributed by atoms with Gasteiger partial charge in [-0.15, -0.1) is 0 Å². The predicted molar refractivity (Wildman–Crippen MR) is 105 cm³/mol. The van der Waals surface area contributed by atoms with Crippen LogP contribution in [0, 0.1) is 5.41 Å². The molecule has 1 atom stereocenters. The first kappa shape index (κ1) is 21.2. The van der Waals surface area contributed by atoms with Gasteiger partial charge in [0.1, 0.15) is 25.0 Å². The number of rotatable bonds is 7. The van der Waals surface area contributed by atoms with Crippen LogP contribution in [0.4, 0.5) is 4.79 Å². The lowest BCUT2D eigenvalue weighted by Gasteiger charge is -2.33. The van der Waals surface area contributed by atoms with E-state index in [0.717, 1.165) is 11.3 Å². The summed E-state index contributed by atoms with van der Waals surface area (Å²) in [5.41, 5.74) is 1.53. The molecule has 1 fully saturated rings. The molecule has 1 aliphatic heterocycles. The summed E-state index contributed by atoms with van der Waals surface area (Å²) in [6, 6.07) is 7.51. The Morgan fingerprint density at radius 1 is 1.11 bits per heavy atom. The number of aliphatic hydroxyl groups is 1. The molecule has 1 N–H and O–H groups in total. The number of ether oxygens (including phenoxy) is 1. The molecule has 0 radical (unpaired) electrons. The zero-order valence-corrected chi connectivity index (χ0v) is 17.3. The smallest absolute Gasteiger partial charge is 0.327 e. The summed E-state index contributed by atoms with van der Waals surface area (Å²) in [7, 11) is 1.56. The van der Waals surface area contributed by atoms with Gasteiger partial charge in [-0.2, -0.15) is 0 Å². The maximum Gasteiger partial charge on any atom is 0.327 e. The Morgan fingerprint density at radius 3 is 2.19 bits per heavy atom. The number of aliphatic hydroxyl groups excluding tert-OH is 1. The molecule has 0 saturated carbocycles. The summed E-state index contributed by atoms with van der Waals surface area (Å²) in [6.07, 6.45) is 0.132. The highest BCUT2D eigenvalue weighted by molar-refractivity contribution is 6.01. The van der Waals surface area contributed by atoms with Crippen molar-refractivity contribution in [2.75, 3.05) is 26.7 Å². The van der Waals surface area contributed by atoms with E-state index in [-0.39, 0.29) is 42.5 Å². The number of nitrogens with zero attached hydrogens (tertiary/aromatic N) is 2. The number of urea groups is 1. The highest BCUT2D eigenvalue weighted by atomic mass is 16.5. The molecule has 1 saturated heterocycles. The van der Waals surface area contributed by atoms with Gasteiger partial charge in [0.25, 0.3) is 0 Å². The molecule has 0 bridgehead atoms. The van der Waals surface area contributed by atoms with E-state index in [1.165, 1.54) is 10.5 Å². The highest BCUT2D eigenvalue weighted by Gasteiger charge is 2.34. The molecule has 3 amide bonds. The molecule has 1 unspecified atom stereocenters. The second-order valence-electron chi connectivity index (χ2n) is 9.25. The van der Waals surface area contributed by atoms with Crippen molar-refractivity contribution in [3.8, 4) is 5.75 Å². The van der Waals surface area contributed by atoms with Crippen LogP contribution in [0.5, 0.6) is 5.75 Å². The van der Waals surface area contributed by atoms with Crippen molar-refractivity contribution in [2.45, 2.75) is 52.6 Å². The molecule has 1 aliphatic rings. The Hall–Kier alpha value is -2.08. The summed E-state index contributed by atoms with van der Waals surface area (Å²) >= 11 is 0. The monoisotopic (exact) mass is 376 g/mol. The number of amides is 3. The Kier molecular flexibility index (Phi) is 6.20. The number of imide groups is 1. The van der Waals surface area contributed by atoms with Crippen molar-refractivity contribution in [1.82, 2.24) is 9.80 Å². The number of hydrogen-bond acceptors (Lipinski definition) is 4. The van der Waals surface area contributed by atoms with E-state index < -0.39 is 6.10 Å². The first-order valence-corrected chi connectivity index (χ1v) is 9.36. The van der Waals surface area contributed by atoms with Crippen LogP contribution < -0.4 is 4.74 Å².